The Morgan fingerprint density at radius 2 is 2.04 bits per heavy atom. The molecule has 0 radical (unpaired) electrons. The number of piperazine rings is 1. The maximum Gasteiger partial charge on any atom is 0.322 e. The number of rotatable bonds is 4. The number of para-hydroxylation sites is 2. The van der Waals surface area contributed by atoms with Crippen LogP contribution in [0.4, 0.5) is 16.2 Å². The smallest absolute Gasteiger partial charge is 0.322 e. The minimum atomic E-state index is -0.497. The van der Waals surface area contributed by atoms with Gasteiger partial charge in [0.1, 0.15) is 5.69 Å². The third-order valence-corrected chi connectivity index (χ3v) is 4.88. The molecular weight excluding hydrogens is 342 g/mol. The van der Waals surface area contributed by atoms with Crippen LogP contribution in [0.5, 0.6) is 0 Å². The quantitative estimate of drug-likeness (QED) is 0.668. The van der Waals surface area contributed by atoms with Crippen molar-refractivity contribution in [1.29, 1.82) is 0 Å². The van der Waals surface area contributed by atoms with E-state index >= 15 is 0 Å². The van der Waals surface area contributed by atoms with Crippen molar-refractivity contribution in [2.45, 2.75) is 13.5 Å². The van der Waals surface area contributed by atoms with E-state index in [-0.39, 0.29) is 17.4 Å². The lowest BCUT2D eigenvalue weighted by molar-refractivity contribution is -0.383. The van der Waals surface area contributed by atoms with Gasteiger partial charge in [0.25, 0.3) is 5.69 Å². The van der Waals surface area contributed by atoms with Crippen LogP contribution in [0.1, 0.15) is 10.7 Å². The lowest BCUT2D eigenvalue weighted by Crippen LogP contribution is -2.49. The number of thiazole rings is 1. The van der Waals surface area contributed by atoms with Crippen LogP contribution >= 0.6 is 11.3 Å². The van der Waals surface area contributed by atoms with Crippen LogP contribution in [0.3, 0.4) is 0 Å². The largest absolute Gasteiger partial charge is 0.322 e. The highest BCUT2D eigenvalue weighted by molar-refractivity contribution is 7.09. The van der Waals surface area contributed by atoms with E-state index in [1.165, 1.54) is 12.1 Å². The fourth-order valence-electron chi connectivity index (χ4n) is 2.75. The summed E-state index contributed by atoms with van der Waals surface area (Å²) in [5.41, 5.74) is 1.17. The van der Waals surface area contributed by atoms with Crippen molar-refractivity contribution < 1.29 is 9.72 Å². The van der Waals surface area contributed by atoms with Crippen molar-refractivity contribution in [2.75, 3.05) is 31.5 Å². The predicted molar refractivity (Wildman–Crippen MR) is 95.8 cm³/mol. The van der Waals surface area contributed by atoms with E-state index in [0.29, 0.717) is 13.1 Å². The number of nitro benzene ring substituents is 1. The molecular formula is C16H19N5O3S. The summed E-state index contributed by atoms with van der Waals surface area (Å²) in [4.78, 5) is 31.3. The summed E-state index contributed by atoms with van der Waals surface area (Å²) in [5, 5.41) is 16.8. The summed E-state index contributed by atoms with van der Waals surface area (Å²) < 4.78 is 0. The van der Waals surface area contributed by atoms with Crippen LogP contribution in [0.25, 0.3) is 0 Å². The molecule has 2 aromatic rings. The first-order valence-corrected chi connectivity index (χ1v) is 8.83. The molecule has 1 fully saturated rings. The fraction of sp³-hybridized carbons (Fsp3) is 0.375. The van der Waals surface area contributed by atoms with Crippen LogP contribution in [0, 0.1) is 17.0 Å². The molecule has 1 aromatic carbocycles. The molecule has 2 heterocycles. The summed E-state index contributed by atoms with van der Waals surface area (Å²) >= 11 is 1.64. The van der Waals surface area contributed by atoms with Crippen molar-refractivity contribution in [3.8, 4) is 0 Å². The number of carbonyl (C=O) groups is 1. The first-order valence-electron chi connectivity index (χ1n) is 7.95. The van der Waals surface area contributed by atoms with Gasteiger partial charge in [-0.1, -0.05) is 12.1 Å². The molecule has 1 aliphatic rings. The maximum absolute atomic E-state index is 12.4. The molecule has 132 valence electrons. The number of anilines is 1. The number of urea groups is 1. The van der Waals surface area contributed by atoms with E-state index in [4.69, 9.17) is 0 Å². The fourth-order valence-corrected chi connectivity index (χ4v) is 3.36. The Hall–Kier alpha value is -2.52. The Labute approximate surface area is 149 Å². The molecule has 25 heavy (non-hydrogen) atoms. The minimum Gasteiger partial charge on any atom is -0.322 e. The number of benzene rings is 1. The summed E-state index contributed by atoms with van der Waals surface area (Å²) in [5.74, 6) is 0. The first kappa shape index (κ1) is 17.3. The van der Waals surface area contributed by atoms with Crippen LogP contribution in [-0.2, 0) is 6.54 Å². The van der Waals surface area contributed by atoms with Gasteiger partial charge in [-0.05, 0) is 13.0 Å². The lowest BCUT2D eigenvalue weighted by atomic mass is 10.2. The number of nitrogens with one attached hydrogen (secondary N) is 1. The number of amides is 2. The van der Waals surface area contributed by atoms with Gasteiger partial charge >= 0.3 is 6.03 Å². The Balaban J connectivity index is 1.54. The van der Waals surface area contributed by atoms with Crippen molar-refractivity contribution in [1.82, 2.24) is 14.8 Å². The molecule has 0 atom stereocenters. The molecule has 1 aliphatic heterocycles. The second-order valence-corrected chi connectivity index (χ2v) is 6.89. The Kier molecular flexibility index (Phi) is 5.25. The number of aromatic nitrogens is 1. The molecule has 1 saturated heterocycles. The maximum atomic E-state index is 12.4. The van der Waals surface area contributed by atoms with Gasteiger partial charge in [0.2, 0.25) is 0 Å². The second-order valence-electron chi connectivity index (χ2n) is 5.83. The number of nitro groups is 1. The zero-order valence-corrected chi connectivity index (χ0v) is 14.7. The van der Waals surface area contributed by atoms with E-state index in [9.17, 15) is 14.9 Å². The molecule has 8 nitrogen and oxygen atoms in total. The summed E-state index contributed by atoms with van der Waals surface area (Å²) in [6.45, 7) is 5.43. The minimum absolute atomic E-state index is 0.103. The second kappa shape index (κ2) is 7.58. The highest BCUT2D eigenvalue weighted by Gasteiger charge is 2.23. The molecule has 2 amide bonds. The lowest BCUT2D eigenvalue weighted by Gasteiger charge is -2.34. The van der Waals surface area contributed by atoms with E-state index in [0.717, 1.165) is 30.3 Å². The van der Waals surface area contributed by atoms with Crippen LogP contribution in [0.2, 0.25) is 0 Å². The average Bonchev–Trinajstić information content (AvgIpc) is 3.00. The summed E-state index contributed by atoms with van der Waals surface area (Å²) in [6.07, 6.45) is 0. The molecule has 0 aliphatic carbocycles. The molecule has 0 spiro atoms. The third kappa shape index (κ3) is 4.31. The monoisotopic (exact) mass is 361 g/mol. The highest BCUT2D eigenvalue weighted by Crippen LogP contribution is 2.23. The van der Waals surface area contributed by atoms with Gasteiger partial charge in [-0.25, -0.2) is 9.78 Å². The predicted octanol–water partition coefficient (Wildman–Crippen LogP) is 2.71. The van der Waals surface area contributed by atoms with Gasteiger partial charge in [0, 0.05) is 44.2 Å². The molecule has 1 N–H and O–H groups in total. The van der Waals surface area contributed by atoms with Crippen LogP contribution in [0.15, 0.2) is 29.6 Å². The number of aryl methyl sites for hydroxylation is 1. The van der Waals surface area contributed by atoms with Crippen molar-refractivity contribution >= 4 is 28.7 Å². The van der Waals surface area contributed by atoms with E-state index in [1.54, 1.807) is 28.4 Å². The molecule has 3 rings (SSSR count). The zero-order valence-electron chi connectivity index (χ0n) is 13.8. The number of nitrogens with zero attached hydrogens (tertiary/aromatic N) is 4. The summed E-state index contributed by atoms with van der Waals surface area (Å²) in [7, 11) is 0. The van der Waals surface area contributed by atoms with E-state index in [2.05, 4.69) is 20.6 Å². The molecule has 1 aromatic heterocycles. The number of carbonyl (C=O) groups excluding carboxylic acids is 1. The first-order chi connectivity index (χ1) is 12.0. The zero-order chi connectivity index (χ0) is 17.8. The van der Waals surface area contributed by atoms with Gasteiger partial charge in [-0.2, -0.15) is 0 Å². The van der Waals surface area contributed by atoms with E-state index in [1.807, 2.05) is 6.92 Å². The molecule has 0 bridgehead atoms. The Morgan fingerprint density at radius 3 is 2.68 bits per heavy atom. The number of hydrogen-bond acceptors (Lipinski definition) is 6. The number of hydrogen-bond donors (Lipinski definition) is 1. The van der Waals surface area contributed by atoms with Gasteiger partial charge in [0.05, 0.1) is 15.6 Å². The third-order valence-electron chi connectivity index (χ3n) is 4.05. The van der Waals surface area contributed by atoms with Crippen molar-refractivity contribution in [3.63, 3.8) is 0 Å². The molecule has 0 unspecified atom stereocenters. The summed E-state index contributed by atoms with van der Waals surface area (Å²) in [6, 6.07) is 5.85. The Morgan fingerprint density at radius 1 is 1.32 bits per heavy atom. The SMILES string of the molecule is Cc1nc(CN2CCN(C(=O)Nc3ccccc3[N+](=O)[O-])CC2)cs1. The van der Waals surface area contributed by atoms with Gasteiger partial charge in [0.15, 0.2) is 0 Å². The van der Waals surface area contributed by atoms with Crippen LogP contribution < -0.4 is 5.32 Å². The van der Waals surface area contributed by atoms with Crippen LogP contribution in [-0.4, -0.2) is 51.9 Å². The standard InChI is InChI=1S/C16H19N5O3S/c1-12-17-13(11-25-12)10-19-6-8-20(9-7-19)16(22)18-14-4-2-3-5-15(14)21(23)24/h2-5,11H,6-10H2,1H3,(H,18,22). The Bertz CT molecular complexity index is 771. The molecule has 9 heteroatoms. The van der Waals surface area contributed by atoms with E-state index < -0.39 is 4.92 Å². The molecule has 0 saturated carbocycles. The normalized spacial score (nSPS) is 15.2. The van der Waals surface area contributed by atoms with Gasteiger partial charge < -0.3 is 10.2 Å². The average molecular weight is 361 g/mol. The van der Waals surface area contributed by atoms with Gasteiger partial charge in [-0.3, -0.25) is 15.0 Å². The van der Waals surface area contributed by atoms with Crippen molar-refractivity contribution in [3.05, 3.63) is 50.5 Å². The topological polar surface area (TPSA) is 91.6 Å². The van der Waals surface area contributed by atoms with Crippen molar-refractivity contribution in [2.24, 2.45) is 0 Å². The highest BCUT2D eigenvalue weighted by atomic mass is 32.1. The van der Waals surface area contributed by atoms with Gasteiger partial charge in [-0.15, -0.1) is 11.3 Å².